The van der Waals surface area contributed by atoms with Crippen molar-refractivity contribution in [3.05, 3.63) is 35.4 Å². The van der Waals surface area contributed by atoms with Crippen molar-refractivity contribution >= 4 is 10.2 Å². The Labute approximate surface area is 90.7 Å². The SMILES string of the molecule is Cc1ccc(C(C)(C)NS(N)(=O)=O)cc1. The van der Waals surface area contributed by atoms with E-state index in [1.807, 2.05) is 31.2 Å². The van der Waals surface area contributed by atoms with Gasteiger partial charge in [-0.25, -0.2) is 5.14 Å². The van der Waals surface area contributed by atoms with E-state index in [-0.39, 0.29) is 0 Å². The van der Waals surface area contributed by atoms with Crippen molar-refractivity contribution in [2.24, 2.45) is 5.14 Å². The minimum atomic E-state index is -3.69. The van der Waals surface area contributed by atoms with Gasteiger partial charge >= 0.3 is 0 Å². The zero-order valence-corrected chi connectivity index (χ0v) is 9.93. The summed E-state index contributed by atoms with van der Waals surface area (Å²) in [4.78, 5) is 0. The van der Waals surface area contributed by atoms with Gasteiger partial charge in [-0.1, -0.05) is 29.8 Å². The molecule has 0 heterocycles. The summed E-state index contributed by atoms with van der Waals surface area (Å²) in [6, 6.07) is 7.63. The van der Waals surface area contributed by atoms with E-state index >= 15 is 0 Å². The maximum atomic E-state index is 11.0. The first-order valence-corrected chi connectivity index (χ1v) is 6.14. The van der Waals surface area contributed by atoms with Gasteiger partial charge in [-0.2, -0.15) is 13.1 Å². The topological polar surface area (TPSA) is 72.2 Å². The maximum absolute atomic E-state index is 11.0. The van der Waals surface area contributed by atoms with Crippen LogP contribution in [0.3, 0.4) is 0 Å². The zero-order valence-electron chi connectivity index (χ0n) is 9.11. The summed E-state index contributed by atoms with van der Waals surface area (Å²) in [5.74, 6) is 0. The number of aryl methyl sites for hydroxylation is 1. The molecule has 5 heteroatoms. The Kier molecular flexibility index (Phi) is 3.18. The number of benzene rings is 1. The fraction of sp³-hybridized carbons (Fsp3) is 0.400. The molecule has 0 spiro atoms. The van der Waals surface area contributed by atoms with Gasteiger partial charge in [-0.3, -0.25) is 0 Å². The molecular formula is C10H16N2O2S. The highest BCUT2D eigenvalue weighted by molar-refractivity contribution is 7.87. The van der Waals surface area contributed by atoms with Gasteiger partial charge in [-0.05, 0) is 26.3 Å². The largest absolute Gasteiger partial charge is 0.275 e. The van der Waals surface area contributed by atoms with E-state index < -0.39 is 15.7 Å². The molecule has 0 unspecified atom stereocenters. The van der Waals surface area contributed by atoms with Crippen LogP contribution in [0.4, 0.5) is 0 Å². The van der Waals surface area contributed by atoms with Crippen LogP contribution >= 0.6 is 0 Å². The molecule has 0 fully saturated rings. The number of nitrogens with two attached hydrogens (primary N) is 1. The molecule has 0 amide bonds. The quantitative estimate of drug-likeness (QED) is 0.810. The van der Waals surface area contributed by atoms with E-state index in [1.54, 1.807) is 13.8 Å². The van der Waals surface area contributed by atoms with Crippen LogP contribution in [0.15, 0.2) is 24.3 Å². The van der Waals surface area contributed by atoms with Gasteiger partial charge in [-0.15, -0.1) is 0 Å². The molecule has 3 N–H and O–H groups in total. The van der Waals surface area contributed by atoms with Crippen LogP contribution < -0.4 is 9.86 Å². The molecule has 1 aromatic rings. The fourth-order valence-electron chi connectivity index (χ4n) is 1.38. The third kappa shape index (κ3) is 3.62. The Bertz CT molecular complexity index is 435. The van der Waals surface area contributed by atoms with Gasteiger partial charge in [0.05, 0.1) is 5.54 Å². The summed E-state index contributed by atoms with van der Waals surface area (Å²) in [7, 11) is -3.69. The van der Waals surface area contributed by atoms with Crippen molar-refractivity contribution in [1.29, 1.82) is 0 Å². The minimum absolute atomic E-state index is 0.693. The van der Waals surface area contributed by atoms with Crippen LogP contribution in [0.5, 0.6) is 0 Å². The molecule has 84 valence electrons. The smallest absolute Gasteiger partial charge is 0.216 e. The summed E-state index contributed by atoms with van der Waals surface area (Å²) < 4.78 is 24.3. The van der Waals surface area contributed by atoms with Crippen LogP contribution in [0.25, 0.3) is 0 Å². The zero-order chi connectivity index (χ0) is 11.7. The highest BCUT2D eigenvalue weighted by atomic mass is 32.2. The monoisotopic (exact) mass is 228 g/mol. The average molecular weight is 228 g/mol. The number of rotatable bonds is 3. The van der Waals surface area contributed by atoms with Crippen molar-refractivity contribution in [1.82, 2.24) is 4.72 Å². The lowest BCUT2D eigenvalue weighted by Gasteiger charge is -2.25. The van der Waals surface area contributed by atoms with Crippen LogP contribution in [0.2, 0.25) is 0 Å². The number of hydrogen-bond acceptors (Lipinski definition) is 2. The van der Waals surface area contributed by atoms with E-state index in [2.05, 4.69) is 4.72 Å². The normalized spacial score (nSPS) is 12.8. The van der Waals surface area contributed by atoms with E-state index in [4.69, 9.17) is 5.14 Å². The first kappa shape index (κ1) is 12.2. The minimum Gasteiger partial charge on any atom is -0.216 e. The van der Waals surface area contributed by atoms with Crippen molar-refractivity contribution in [2.75, 3.05) is 0 Å². The summed E-state index contributed by atoms with van der Waals surface area (Å²) in [6.45, 7) is 5.51. The number of nitrogens with one attached hydrogen (secondary N) is 1. The van der Waals surface area contributed by atoms with Crippen molar-refractivity contribution in [3.63, 3.8) is 0 Å². The molecule has 0 atom stereocenters. The van der Waals surface area contributed by atoms with Gasteiger partial charge in [0.25, 0.3) is 10.2 Å². The standard InChI is InChI=1S/C10H16N2O2S/c1-8-4-6-9(7-5-8)10(2,3)12-15(11,13)14/h4-7,12H,1-3H3,(H2,11,13,14). The molecule has 15 heavy (non-hydrogen) atoms. The van der Waals surface area contributed by atoms with Crippen LogP contribution in [-0.4, -0.2) is 8.42 Å². The summed E-state index contributed by atoms with van der Waals surface area (Å²) in [5, 5.41) is 4.95. The molecule has 0 saturated heterocycles. The predicted octanol–water partition coefficient (Wildman–Crippen LogP) is 1.02. The van der Waals surface area contributed by atoms with E-state index in [1.165, 1.54) is 0 Å². The van der Waals surface area contributed by atoms with Gasteiger partial charge < -0.3 is 0 Å². The Morgan fingerprint density at radius 3 is 2.07 bits per heavy atom. The molecule has 0 aliphatic carbocycles. The lowest BCUT2D eigenvalue weighted by molar-refractivity contribution is 0.472. The summed E-state index contributed by atoms with van der Waals surface area (Å²) in [5.41, 5.74) is 1.31. The van der Waals surface area contributed by atoms with Crippen molar-refractivity contribution < 1.29 is 8.42 Å². The average Bonchev–Trinajstić information content (AvgIpc) is 2.00. The van der Waals surface area contributed by atoms with Gasteiger partial charge in [0.1, 0.15) is 0 Å². The molecule has 1 rings (SSSR count). The molecule has 0 radical (unpaired) electrons. The van der Waals surface area contributed by atoms with Gasteiger partial charge in [0.15, 0.2) is 0 Å². The molecule has 0 saturated carbocycles. The Morgan fingerprint density at radius 2 is 1.67 bits per heavy atom. The maximum Gasteiger partial charge on any atom is 0.275 e. The van der Waals surface area contributed by atoms with Crippen molar-refractivity contribution in [3.8, 4) is 0 Å². The Hall–Kier alpha value is -0.910. The van der Waals surface area contributed by atoms with E-state index in [0.717, 1.165) is 11.1 Å². The second kappa shape index (κ2) is 3.92. The molecule has 4 nitrogen and oxygen atoms in total. The molecule has 1 aromatic carbocycles. The highest BCUT2D eigenvalue weighted by Crippen LogP contribution is 2.20. The second-order valence-electron chi connectivity index (χ2n) is 4.14. The van der Waals surface area contributed by atoms with Crippen LogP contribution in [0, 0.1) is 6.92 Å². The lowest BCUT2D eigenvalue weighted by atomic mass is 9.95. The van der Waals surface area contributed by atoms with Crippen LogP contribution in [0.1, 0.15) is 25.0 Å². The van der Waals surface area contributed by atoms with E-state index in [9.17, 15) is 8.42 Å². The molecular weight excluding hydrogens is 212 g/mol. The Morgan fingerprint density at radius 1 is 1.20 bits per heavy atom. The molecule has 0 aliphatic heterocycles. The first-order chi connectivity index (χ1) is 6.71. The Balaban J connectivity index is 3.00. The highest BCUT2D eigenvalue weighted by Gasteiger charge is 2.24. The summed E-state index contributed by atoms with van der Waals surface area (Å²) >= 11 is 0. The predicted molar refractivity (Wildman–Crippen MR) is 60.4 cm³/mol. The molecule has 0 bridgehead atoms. The number of hydrogen-bond donors (Lipinski definition) is 2. The van der Waals surface area contributed by atoms with Gasteiger partial charge in [0, 0.05) is 0 Å². The second-order valence-corrected chi connectivity index (χ2v) is 5.43. The van der Waals surface area contributed by atoms with Crippen LogP contribution in [-0.2, 0) is 15.7 Å². The van der Waals surface area contributed by atoms with Gasteiger partial charge in [0.2, 0.25) is 0 Å². The fourth-order valence-corrected chi connectivity index (χ4v) is 2.21. The lowest BCUT2D eigenvalue weighted by Crippen LogP contribution is -2.44. The third-order valence-electron chi connectivity index (χ3n) is 2.17. The van der Waals surface area contributed by atoms with E-state index in [0.29, 0.717) is 0 Å². The molecule has 0 aromatic heterocycles. The summed E-state index contributed by atoms with van der Waals surface area (Å²) in [6.07, 6.45) is 0. The first-order valence-electron chi connectivity index (χ1n) is 4.59. The third-order valence-corrected chi connectivity index (χ3v) is 2.97. The van der Waals surface area contributed by atoms with Crippen molar-refractivity contribution in [2.45, 2.75) is 26.3 Å². The molecule has 0 aliphatic rings.